The molecule has 0 N–H and O–H groups in total. The van der Waals surface area contributed by atoms with Gasteiger partial charge in [-0.15, -0.1) is 15.3 Å². The van der Waals surface area contributed by atoms with Crippen LogP contribution in [0.4, 0.5) is 0 Å². The number of rotatable bonds is 6. The Morgan fingerprint density at radius 2 is 1.77 bits per heavy atom. The molecule has 0 aliphatic rings. The minimum absolute atomic E-state index is 0.582. The number of nitrogens with zero attached hydrogens (tertiary/aromatic N) is 7. The maximum absolute atomic E-state index is 5.75. The minimum atomic E-state index is 0.582. The fourth-order valence-corrected chi connectivity index (χ4v) is 4.20. The molecule has 0 aliphatic heterocycles. The van der Waals surface area contributed by atoms with Crippen LogP contribution in [0, 0.1) is 6.92 Å². The third kappa shape index (κ3) is 3.22. The molecule has 0 radical (unpaired) electrons. The summed E-state index contributed by atoms with van der Waals surface area (Å²) >= 11 is 1.45. The summed E-state index contributed by atoms with van der Waals surface area (Å²) in [5.41, 5.74) is 3.62. The second kappa shape index (κ2) is 7.68. The summed E-state index contributed by atoms with van der Waals surface area (Å²) in [5.74, 6) is 1.56. The molecule has 5 aromatic rings. The lowest BCUT2D eigenvalue weighted by Crippen LogP contribution is -2.03. The average Bonchev–Trinajstić information content (AvgIpc) is 3.45. The molecule has 0 saturated heterocycles. The number of benzene rings is 2. The average molecular weight is 417 g/mol. The Morgan fingerprint density at radius 3 is 2.60 bits per heavy atom. The van der Waals surface area contributed by atoms with E-state index in [1.165, 1.54) is 11.3 Å². The number of hydrogen-bond donors (Lipinski definition) is 0. The largest absolute Gasteiger partial charge is 0.492 e. The highest BCUT2D eigenvalue weighted by molar-refractivity contribution is 7.19. The lowest BCUT2D eigenvalue weighted by Gasteiger charge is -2.10. The van der Waals surface area contributed by atoms with E-state index in [4.69, 9.17) is 9.84 Å². The number of ether oxygens (including phenoxy) is 1. The van der Waals surface area contributed by atoms with E-state index < -0.39 is 0 Å². The van der Waals surface area contributed by atoms with E-state index in [0.29, 0.717) is 13.0 Å². The zero-order valence-electron chi connectivity index (χ0n) is 16.6. The third-order valence-corrected chi connectivity index (χ3v) is 5.66. The smallest absolute Gasteiger partial charge is 0.235 e. The van der Waals surface area contributed by atoms with E-state index in [1.807, 2.05) is 56.3 Å². The van der Waals surface area contributed by atoms with Gasteiger partial charge in [0.25, 0.3) is 0 Å². The van der Waals surface area contributed by atoms with Gasteiger partial charge in [0.15, 0.2) is 10.8 Å². The van der Waals surface area contributed by atoms with E-state index in [1.54, 1.807) is 9.20 Å². The van der Waals surface area contributed by atoms with Crippen molar-refractivity contribution in [3.63, 3.8) is 0 Å². The van der Waals surface area contributed by atoms with Crippen LogP contribution in [0.25, 0.3) is 21.3 Å². The number of aromatic nitrogens is 7. The lowest BCUT2D eigenvalue weighted by molar-refractivity contribution is 0.338. The Kier molecular flexibility index (Phi) is 4.72. The van der Waals surface area contributed by atoms with Gasteiger partial charge in [-0.1, -0.05) is 59.0 Å². The molecular weight excluding hydrogens is 398 g/mol. The van der Waals surface area contributed by atoms with Crippen molar-refractivity contribution in [3.05, 3.63) is 71.7 Å². The molecule has 0 amide bonds. The van der Waals surface area contributed by atoms with E-state index in [2.05, 4.69) is 32.6 Å². The topological polar surface area (TPSA) is 83.0 Å². The SMILES string of the molecule is CCOc1ccccc1-n1nnc(-c2nn3c(Cc4ccccc4)nnc3s2)c1C. The Morgan fingerprint density at radius 1 is 0.967 bits per heavy atom. The molecule has 0 saturated carbocycles. The Hall–Kier alpha value is -3.59. The molecule has 0 spiro atoms. The highest BCUT2D eigenvalue weighted by Crippen LogP contribution is 2.30. The maximum atomic E-state index is 5.75. The van der Waals surface area contributed by atoms with Gasteiger partial charge in [-0.2, -0.15) is 9.61 Å². The van der Waals surface area contributed by atoms with Crippen LogP contribution < -0.4 is 4.74 Å². The predicted molar refractivity (Wildman–Crippen MR) is 114 cm³/mol. The van der Waals surface area contributed by atoms with E-state index in [0.717, 1.165) is 44.2 Å². The van der Waals surface area contributed by atoms with Crippen LogP contribution in [-0.2, 0) is 6.42 Å². The fourth-order valence-electron chi connectivity index (χ4n) is 3.31. The summed E-state index contributed by atoms with van der Waals surface area (Å²) < 4.78 is 9.32. The van der Waals surface area contributed by atoms with Gasteiger partial charge in [0.05, 0.1) is 12.3 Å². The van der Waals surface area contributed by atoms with Crippen molar-refractivity contribution < 1.29 is 4.74 Å². The van der Waals surface area contributed by atoms with Crippen LogP contribution in [0.1, 0.15) is 24.0 Å². The lowest BCUT2D eigenvalue weighted by atomic mass is 10.1. The first-order valence-corrected chi connectivity index (χ1v) is 10.5. The number of hydrogen-bond acceptors (Lipinski definition) is 7. The summed E-state index contributed by atoms with van der Waals surface area (Å²) in [5, 5.41) is 22.8. The van der Waals surface area contributed by atoms with E-state index in [9.17, 15) is 0 Å². The van der Waals surface area contributed by atoms with Gasteiger partial charge in [-0.05, 0) is 31.5 Å². The Balaban J connectivity index is 1.51. The van der Waals surface area contributed by atoms with Gasteiger partial charge in [0.2, 0.25) is 4.96 Å². The van der Waals surface area contributed by atoms with Crippen molar-refractivity contribution in [3.8, 4) is 22.1 Å². The zero-order chi connectivity index (χ0) is 20.5. The minimum Gasteiger partial charge on any atom is -0.492 e. The van der Waals surface area contributed by atoms with E-state index >= 15 is 0 Å². The van der Waals surface area contributed by atoms with Crippen LogP contribution in [-0.4, -0.2) is 41.4 Å². The van der Waals surface area contributed by atoms with Gasteiger partial charge >= 0.3 is 0 Å². The molecule has 150 valence electrons. The van der Waals surface area contributed by atoms with Gasteiger partial charge in [-0.25, -0.2) is 4.68 Å². The van der Waals surface area contributed by atoms with Crippen LogP contribution in [0.15, 0.2) is 54.6 Å². The third-order valence-electron chi connectivity index (χ3n) is 4.75. The summed E-state index contributed by atoms with van der Waals surface area (Å²) in [6.07, 6.45) is 0.665. The fraction of sp³-hybridized carbons (Fsp3) is 0.190. The number of fused-ring (bicyclic) bond motifs is 1. The van der Waals surface area contributed by atoms with Crippen LogP contribution in [0.2, 0.25) is 0 Å². The molecule has 8 nitrogen and oxygen atoms in total. The highest BCUT2D eigenvalue weighted by Gasteiger charge is 2.20. The van der Waals surface area contributed by atoms with E-state index in [-0.39, 0.29) is 0 Å². The molecule has 0 fully saturated rings. The molecule has 9 heteroatoms. The van der Waals surface area contributed by atoms with Gasteiger partial charge in [-0.3, -0.25) is 0 Å². The summed E-state index contributed by atoms with van der Waals surface area (Å²) in [7, 11) is 0. The van der Waals surface area contributed by atoms with Crippen molar-refractivity contribution in [2.45, 2.75) is 20.3 Å². The molecule has 0 atom stereocenters. The van der Waals surface area contributed by atoms with Crippen molar-refractivity contribution >= 4 is 16.3 Å². The standard InChI is InChI=1S/C21H19N7OS/c1-3-29-17-12-8-7-11-16(17)27-14(2)19(23-26-27)20-25-28-18(22-24-21(28)30-20)13-15-9-5-4-6-10-15/h4-12H,3,13H2,1-2H3. The monoisotopic (exact) mass is 417 g/mol. The highest BCUT2D eigenvalue weighted by atomic mass is 32.1. The predicted octanol–water partition coefficient (Wildman–Crippen LogP) is 3.73. The Labute approximate surface area is 176 Å². The molecule has 3 heterocycles. The van der Waals surface area contributed by atoms with Gasteiger partial charge in [0, 0.05) is 6.42 Å². The molecular formula is C21H19N7OS. The zero-order valence-corrected chi connectivity index (χ0v) is 17.4. The van der Waals surface area contributed by atoms with Crippen LogP contribution >= 0.6 is 11.3 Å². The quantitative estimate of drug-likeness (QED) is 0.419. The second-order valence-corrected chi connectivity index (χ2v) is 7.67. The molecule has 0 aliphatic carbocycles. The molecule has 3 aromatic heterocycles. The molecule has 30 heavy (non-hydrogen) atoms. The van der Waals surface area contributed by atoms with Crippen molar-refractivity contribution in [2.75, 3.05) is 6.61 Å². The number of para-hydroxylation sites is 2. The second-order valence-electron chi connectivity index (χ2n) is 6.72. The van der Waals surface area contributed by atoms with Crippen LogP contribution in [0.3, 0.4) is 0 Å². The van der Waals surface area contributed by atoms with Gasteiger partial charge in [0.1, 0.15) is 17.1 Å². The van der Waals surface area contributed by atoms with Crippen molar-refractivity contribution in [1.82, 2.24) is 34.8 Å². The first-order valence-electron chi connectivity index (χ1n) is 9.64. The molecule has 0 bridgehead atoms. The van der Waals surface area contributed by atoms with Crippen LogP contribution in [0.5, 0.6) is 5.75 Å². The summed E-state index contributed by atoms with van der Waals surface area (Å²) in [6.45, 7) is 4.52. The first kappa shape index (κ1) is 18.4. The van der Waals surface area contributed by atoms with Crippen molar-refractivity contribution in [1.29, 1.82) is 0 Å². The van der Waals surface area contributed by atoms with Gasteiger partial charge < -0.3 is 4.74 Å². The molecule has 5 rings (SSSR count). The van der Waals surface area contributed by atoms with Crippen molar-refractivity contribution in [2.24, 2.45) is 0 Å². The maximum Gasteiger partial charge on any atom is 0.235 e. The Bertz CT molecular complexity index is 1310. The normalized spacial score (nSPS) is 11.3. The summed E-state index contributed by atoms with van der Waals surface area (Å²) in [4.78, 5) is 0.736. The molecule has 0 unspecified atom stereocenters. The first-order chi connectivity index (χ1) is 14.7. The molecule has 2 aromatic carbocycles. The summed E-state index contributed by atoms with van der Waals surface area (Å²) in [6, 6.07) is 18.0.